The number of ketones is 1. The van der Waals surface area contributed by atoms with E-state index in [1.165, 1.54) is 0 Å². The molecule has 0 saturated carbocycles. The molecule has 0 atom stereocenters. The number of hydrogen-bond acceptors (Lipinski definition) is 1. The van der Waals surface area contributed by atoms with Gasteiger partial charge < -0.3 is 0 Å². The SMILES string of the molecule is CC(=O)C[n+]1ccn(C(C)C)c1. The van der Waals surface area contributed by atoms with Crippen molar-refractivity contribution in [3.63, 3.8) is 0 Å². The molecule has 0 aromatic carbocycles. The van der Waals surface area contributed by atoms with E-state index < -0.39 is 0 Å². The zero-order valence-electron chi connectivity index (χ0n) is 7.82. The summed E-state index contributed by atoms with van der Waals surface area (Å²) in [5.74, 6) is 0.182. The lowest BCUT2D eigenvalue weighted by atomic mass is 10.4. The van der Waals surface area contributed by atoms with Crippen molar-refractivity contribution in [1.82, 2.24) is 4.57 Å². The molecule has 3 heteroatoms. The maximum Gasteiger partial charge on any atom is 0.244 e. The van der Waals surface area contributed by atoms with Gasteiger partial charge in [0.15, 0.2) is 5.78 Å². The van der Waals surface area contributed by atoms with Crippen LogP contribution < -0.4 is 4.57 Å². The molecule has 0 amide bonds. The highest BCUT2D eigenvalue weighted by atomic mass is 16.1. The second kappa shape index (κ2) is 3.52. The van der Waals surface area contributed by atoms with E-state index in [4.69, 9.17) is 0 Å². The molecule has 1 rings (SSSR count). The van der Waals surface area contributed by atoms with Crippen molar-refractivity contribution >= 4 is 5.78 Å². The number of carbonyl (C=O) groups is 1. The van der Waals surface area contributed by atoms with Crippen molar-refractivity contribution in [3.05, 3.63) is 18.7 Å². The first kappa shape index (κ1) is 8.97. The molecule has 3 nitrogen and oxygen atoms in total. The minimum absolute atomic E-state index is 0.182. The summed E-state index contributed by atoms with van der Waals surface area (Å²) >= 11 is 0. The van der Waals surface area contributed by atoms with Crippen LogP contribution in [-0.2, 0) is 11.3 Å². The molecule has 0 unspecified atom stereocenters. The van der Waals surface area contributed by atoms with Gasteiger partial charge in [-0.25, -0.2) is 9.13 Å². The smallest absolute Gasteiger partial charge is 0.244 e. The Hall–Kier alpha value is -1.12. The number of rotatable bonds is 3. The van der Waals surface area contributed by atoms with Crippen molar-refractivity contribution in [1.29, 1.82) is 0 Å². The summed E-state index contributed by atoms with van der Waals surface area (Å²) in [6.07, 6.45) is 5.85. The van der Waals surface area contributed by atoms with E-state index in [2.05, 4.69) is 18.4 Å². The molecule has 0 bridgehead atoms. The zero-order valence-corrected chi connectivity index (χ0v) is 7.82. The molecule has 0 aliphatic carbocycles. The van der Waals surface area contributed by atoms with Crippen molar-refractivity contribution < 1.29 is 9.36 Å². The minimum Gasteiger partial charge on any atom is -0.296 e. The lowest BCUT2D eigenvalue weighted by Crippen LogP contribution is -2.34. The van der Waals surface area contributed by atoms with E-state index in [1.54, 1.807) is 6.92 Å². The van der Waals surface area contributed by atoms with Gasteiger partial charge in [-0.3, -0.25) is 4.79 Å². The van der Waals surface area contributed by atoms with Crippen molar-refractivity contribution in [2.75, 3.05) is 0 Å². The molecule has 12 heavy (non-hydrogen) atoms. The first-order valence-electron chi connectivity index (χ1n) is 4.15. The molecule has 66 valence electrons. The highest BCUT2D eigenvalue weighted by molar-refractivity contribution is 5.73. The lowest BCUT2D eigenvalue weighted by molar-refractivity contribution is -0.683. The van der Waals surface area contributed by atoms with Crippen LogP contribution in [0.1, 0.15) is 26.8 Å². The van der Waals surface area contributed by atoms with Gasteiger partial charge in [-0.05, 0) is 20.8 Å². The molecule has 0 fully saturated rings. The molecule has 1 heterocycles. The van der Waals surface area contributed by atoms with Gasteiger partial charge in [0, 0.05) is 0 Å². The standard InChI is InChI=1S/C9H15N2O/c1-8(2)11-5-4-10(7-11)6-9(3)12/h4-5,7-8H,6H2,1-3H3/q+1. The number of nitrogens with zero attached hydrogens (tertiary/aromatic N) is 2. The summed E-state index contributed by atoms with van der Waals surface area (Å²) in [5.41, 5.74) is 0. The fraction of sp³-hybridized carbons (Fsp3) is 0.556. The zero-order chi connectivity index (χ0) is 9.14. The van der Waals surface area contributed by atoms with E-state index >= 15 is 0 Å². The van der Waals surface area contributed by atoms with Crippen LogP contribution in [0.15, 0.2) is 18.7 Å². The number of imidazole rings is 1. The van der Waals surface area contributed by atoms with Crippen molar-refractivity contribution in [2.24, 2.45) is 0 Å². The third-order valence-corrected chi connectivity index (χ3v) is 1.71. The van der Waals surface area contributed by atoms with Gasteiger partial charge in [0.25, 0.3) is 0 Å². The van der Waals surface area contributed by atoms with E-state index in [-0.39, 0.29) is 5.78 Å². The fourth-order valence-corrected chi connectivity index (χ4v) is 1.07. The fourth-order valence-electron chi connectivity index (χ4n) is 1.07. The van der Waals surface area contributed by atoms with Crippen LogP contribution in [0.5, 0.6) is 0 Å². The van der Waals surface area contributed by atoms with Gasteiger partial charge in [0.05, 0.1) is 6.04 Å². The molecule has 0 spiro atoms. The topological polar surface area (TPSA) is 25.9 Å². The maximum atomic E-state index is 10.8. The number of Topliss-reactive ketones (excluding diaryl/α,β-unsaturated/α-hetero) is 1. The predicted octanol–water partition coefficient (Wildman–Crippen LogP) is 0.945. The molecule has 0 N–H and O–H groups in total. The molecular weight excluding hydrogens is 152 g/mol. The van der Waals surface area contributed by atoms with E-state index in [9.17, 15) is 4.79 Å². The summed E-state index contributed by atoms with van der Waals surface area (Å²) in [4.78, 5) is 10.8. The van der Waals surface area contributed by atoms with Crippen LogP contribution in [0.25, 0.3) is 0 Å². The van der Waals surface area contributed by atoms with E-state index in [1.807, 2.05) is 23.3 Å². The Kier molecular flexibility index (Phi) is 2.63. The van der Waals surface area contributed by atoms with Gasteiger partial charge in [0.1, 0.15) is 18.9 Å². The van der Waals surface area contributed by atoms with Crippen LogP contribution in [0.2, 0.25) is 0 Å². The molecule has 0 radical (unpaired) electrons. The number of carbonyl (C=O) groups excluding carboxylic acids is 1. The summed E-state index contributed by atoms with van der Waals surface area (Å²) in [6, 6.07) is 0.457. The van der Waals surface area contributed by atoms with Gasteiger partial charge in [-0.15, -0.1) is 0 Å². The molecule has 0 saturated heterocycles. The first-order chi connectivity index (χ1) is 5.59. The van der Waals surface area contributed by atoms with E-state index in [0.717, 1.165) is 0 Å². The van der Waals surface area contributed by atoms with Gasteiger partial charge in [-0.1, -0.05) is 0 Å². The summed E-state index contributed by atoms with van der Waals surface area (Å²) in [6.45, 7) is 6.29. The lowest BCUT2D eigenvalue weighted by Gasteiger charge is -1.96. The largest absolute Gasteiger partial charge is 0.296 e. The van der Waals surface area contributed by atoms with Crippen molar-refractivity contribution in [3.8, 4) is 0 Å². The second-order valence-corrected chi connectivity index (χ2v) is 3.33. The Labute approximate surface area is 72.6 Å². The average Bonchev–Trinajstić information content (AvgIpc) is 2.34. The third-order valence-electron chi connectivity index (χ3n) is 1.71. The minimum atomic E-state index is 0.182. The molecule has 0 aliphatic rings. The second-order valence-electron chi connectivity index (χ2n) is 3.33. The Bertz CT molecular complexity index is 276. The third kappa shape index (κ3) is 2.19. The van der Waals surface area contributed by atoms with E-state index in [0.29, 0.717) is 12.6 Å². The van der Waals surface area contributed by atoms with Gasteiger partial charge >= 0.3 is 0 Å². The summed E-state index contributed by atoms with van der Waals surface area (Å²) in [7, 11) is 0. The quantitative estimate of drug-likeness (QED) is 0.615. The summed E-state index contributed by atoms with van der Waals surface area (Å²) < 4.78 is 3.96. The van der Waals surface area contributed by atoms with Crippen LogP contribution in [-0.4, -0.2) is 10.4 Å². The molecular formula is C9H15N2O+. The summed E-state index contributed by atoms with van der Waals surface area (Å²) in [5, 5.41) is 0. The van der Waals surface area contributed by atoms with Crippen LogP contribution in [0, 0.1) is 0 Å². The highest BCUT2D eigenvalue weighted by Crippen LogP contribution is 1.99. The molecule has 1 aromatic rings. The first-order valence-corrected chi connectivity index (χ1v) is 4.15. The highest BCUT2D eigenvalue weighted by Gasteiger charge is 2.07. The molecule has 0 aliphatic heterocycles. The van der Waals surface area contributed by atoms with Crippen LogP contribution in [0.3, 0.4) is 0 Å². The maximum absolute atomic E-state index is 10.8. The average molecular weight is 167 g/mol. The normalized spacial score (nSPS) is 10.7. The number of hydrogen-bond donors (Lipinski definition) is 0. The Balaban J connectivity index is 2.70. The Morgan fingerprint density at radius 1 is 1.58 bits per heavy atom. The monoisotopic (exact) mass is 167 g/mol. The Morgan fingerprint density at radius 3 is 2.67 bits per heavy atom. The van der Waals surface area contributed by atoms with Gasteiger partial charge in [0.2, 0.25) is 6.33 Å². The number of aromatic nitrogens is 2. The van der Waals surface area contributed by atoms with Crippen LogP contribution >= 0.6 is 0 Å². The predicted molar refractivity (Wildman–Crippen MR) is 45.7 cm³/mol. The Morgan fingerprint density at radius 2 is 2.25 bits per heavy atom. The molecule has 1 aromatic heterocycles. The van der Waals surface area contributed by atoms with Gasteiger partial charge in [-0.2, -0.15) is 0 Å². The van der Waals surface area contributed by atoms with Crippen LogP contribution in [0.4, 0.5) is 0 Å². The van der Waals surface area contributed by atoms with Crippen molar-refractivity contribution in [2.45, 2.75) is 33.4 Å².